The van der Waals surface area contributed by atoms with Crippen LogP contribution in [0.25, 0.3) is 0 Å². The highest BCUT2D eigenvalue weighted by Gasteiger charge is 2.20. The molecule has 0 saturated heterocycles. The monoisotopic (exact) mass is 228 g/mol. The van der Waals surface area contributed by atoms with E-state index in [0.29, 0.717) is 18.0 Å². The lowest BCUT2D eigenvalue weighted by atomic mass is 10.1. The van der Waals surface area contributed by atoms with Gasteiger partial charge in [-0.3, -0.25) is 4.99 Å². The summed E-state index contributed by atoms with van der Waals surface area (Å²) in [5.41, 5.74) is 0. The maximum atomic E-state index is 4.72. The van der Waals surface area contributed by atoms with E-state index in [1.54, 1.807) is 0 Å². The van der Waals surface area contributed by atoms with Crippen LogP contribution in [-0.2, 0) is 0 Å². The minimum absolute atomic E-state index is 0.522. The summed E-state index contributed by atoms with van der Waals surface area (Å²) < 4.78 is 0. The predicted octanol–water partition coefficient (Wildman–Crippen LogP) is 3.14. The van der Waals surface area contributed by atoms with Gasteiger partial charge in [-0.15, -0.1) is 0 Å². The van der Waals surface area contributed by atoms with Crippen molar-refractivity contribution in [2.75, 3.05) is 5.75 Å². The van der Waals surface area contributed by atoms with Gasteiger partial charge < -0.3 is 5.32 Å². The van der Waals surface area contributed by atoms with Crippen LogP contribution in [0.15, 0.2) is 4.99 Å². The van der Waals surface area contributed by atoms with Crippen molar-refractivity contribution in [2.24, 2.45) is 16.8 Å². The van der Waals surface area contributed by atoms with Crippen LogP contribution in [-0.4, -0.2) is 23.0 Å². The summed E-state index contributed by atoms with van der Waals surface area (Å²) in [7, 11) is 0. The Morgan fingerprint density at radius 2 is 2.00 bits per heavy atom. The van der Waals surface area contributed by atoms with Gasteiger partial charge in [-0.05, 0) is 25.2 Å². The largest absolute Gasteiger partial charge is 0.362 e. The molecule has 0 radical (unpaired) electrons. The maximum absolute atomic E-state index is 4.72. The standard InChI is InChI=1S/C12H24N2S/c1-8(2)6-11-7-15-12(14-11)13-10(5)9(3)4/h8-11H,6-7H2,1-5H3,(H,13,14). The summed E-state index contributed by atoms with van der Waals surface area (Å²) in [6, 6.07) is 1.06. The quantitative estimate of drug-likeness (QED) is 0.799. The number of amidine groups is 1. The average Bonchev–Trinajstić information content (AvgIpc) is 2.51. The van der Waals surface area contributed by atoms with Crippen LogP contribution in [0.5, 0.6) is 0 Å². The molecule has 2 unspecified atom stereocenters. The van der Waals surface area contributed by atoms with E-state index in [2.05, 4.69) is 39.9 Å². The molecule has 0 bridgehead atoms. The molecule has 15 heavy (non-hydrogen) atoms. The first-order valence-electron chi connectivity index (χ1n) is 5.96. The average molecular weight is 228 g/mol. The van der Waals surface area contributed by atoms with Gasteiger partial charge >= 0.3 is 0 Å². The normalized spacial score (nSPS) is 23.4. The zero-order valence-electron chi connectivity index (χ0n) is 10.6. The molecule has 1 heterocycles. The van der Waals surface area contributed by atoms with Crippen LogP contribution in [0.3, 0.4) is 0 Å². The summed E-state index contributed by atoms with van der Waals surface area (Å²) in [6.45, 7) is 11.2. The first kappa shape index (κ1) is 12.9. The Morgan fingerprint density at radius 3 is 2.53 bits per heavy atom. The zero-order chi connectivity index (χ0) is 11.4. The third-order valence-electron chi connectivity index (χ3n) is 2.81. The van der Waals surface area contributed by atoms with Crippen LogP contribution < -0.4 is 5.32 Å². The van der Waals surface area contributed by atoms with Gasteiger partial charge in [0, 0.05) is 11.8 Å². The molecule has 1 aliphatic heterocycles. The molecule has 2 nitrogen and oxygen atoms in total. The molecule has 0 saturated carbocycles. The number of thioether (sulfide) groups is 1. The summed E-state index contributed by atoms with van der Waals surface area (Å²) in [4.78, 5) is 4.72. The number of nitrogens with one attached hydrogen (secondary N) is 1. The Labute approximate surface area is 98.3 Å². The SMILES string of the molecule is CC(C)CC1CSC(NC(C)C(C)C)=N1. The number of nitrogens with zero attached hydrogens (tertiary/aromatic N) is 1. The first-order chi connectivity index (χ1) is 6.99. The van der Waals surface area contributed by atoms with Gasteiger partial charge in [-0.2, -0.15) is 0 Å². The number of rotatable bonds is 4. The fourth-order valence-electron chi connectivity index (χ4n) is 1.52. The molecule has 0 aromatic rings. The van der Waals surface area contributed by atoms with Crippen molar-refractivity contribution in [1.82, 2.24) is 5.32 Å². The Hall–Kier alpha value is -0.180. The van der Waals surface area contributed by atoms with Crippen molar-refractivity contribution in [1.29, 1.82) is 0 Å². The molecule has 0 spiro atoms. The molecule has 3 heteroatoms. The Bertz CT molecular complexity index is 224. The molecular formula is C12H24N2S. The molecule has 1 rings (SSSR count). The Balaban J connectivity index is 2.38. The van der Waals surface area contributed by atoms with Crippen molar-refractivity contribution >= 4 is 16.9 Å². The first-order valence-corrected chi connectivity index (χ1v) is 6.94. The van der Waals surface area contributed by atoms with Crippen LogP contribution in [0.1, 0.15) is 41.0 Å². The molecule has 1 aliphatic rings. The molecule has 88 valence electrons. The van der Waals surface area contributed by atoms with Crippen molar-refractivity contribution in [2.45, 2.75) is 53.1 Å². The molecular weight excluding hydrogens is 204 g/mol. The minimum atomic E-state index is 0.522. The Morgan fingerprint density at radius 1 is 1.33 bits per heavy atom. The number of hydrogen-bond acceptors (Lipinski definition) is 3. The number of aliphatic imine (C=N–C) groups is 1. The highest BCUT2D eigenvalue weighted by Crippen LogP contribution is 2.22. The predicted molar refractivity (Wildman–Crippen MR) is 70.6 cm³/mol. The van der Waals surface area contributed by atoms with Gasteiger partial charge in [-0.25, -0.2) is 0 Å². The maximum Gasteiger partial charge on any atom is 0.157 e. The highest BCUT2D eigenvalue weighted by molar-refractivity contribution is 8.14. The molecule has 0 aliphatic carbocycles. The second-order valence-electron chi connectivity index (χ2n) is 5.21. The lowest BCUT2D eigenvalue weighted by molar-refractivity contribution is 0.486. The van der Waals surface area contributed by atoms with Crippen LogP contribution in [0.4, 0.5) is 0 Å². The van der Waals surface area contributed by atoms with Crippen molar-refractivity contribution in [3.63, 3.8) is 0 Å². The molecule has 0 aromatic heterocycles. The third-order valence-corrected chi connectivity index (χ3v) is 3.86. The van der Waals surface area contributed by atoms with Crippen molar-refractivity contribution < 1.29 is 0 Å². The van der Waals surface area contributed by atoms with Gasteiger partial charge in [0.15, 0.2) is 5.17 Å². The highest BCUT2D eigenvalue weighted by atomic mass is 32.2. The second kappa shape index (κ2) is 5.78. The lowest BCUT2D eigenvalue weighted by Crippen LogP contribution is -2.33. The summed E-state index contributed by atoms with van der Waals surface area (Å²) in [6.07, 6.45) is 1.22. The lowest BCUT2D eigenvalue weighted by Gasteiger charge is -2.17. The zero-order valence-corrected chi connectivity index (χ0v) is 11.4. The van der Waals surface area contributed by atoms with E-state index in [0.717, 1.165) is 16.8 Å². The summed E-state index contributed by atoms with van der Waals surface area (Å²) >= 11 is 1.88. The topological polar surface area (TPSA) is 24.4 Å². The Kier molecular flexibility index (Phi) is 4.97. The third kappa shape index (κ3) is 4.45. The number of hydrogen-bond donors (Lipinski definition) is 1. The van der Waals surface area contributed by atoms with Crippen LogP contribution >= 0.6 is 11.8 Å². The second-order valence-corrected chi connectivity index (χ2v) is 6.21. The fourth-order valence-corrected chi connectivity index (χ4v) is 2.57. The summed E-state index contributed by atoms with van der Waals surface area (Å²) in [5.74, 6) is 2.57. The van der Waals surface area contributed by atoms with Crippen LogP contribution in [0.2, 0.25) is 0 Å². The molecule has 2 atom stereocenters. The molecule has 1 N–H and O–H groups in total. The van der Waals surface area contributed by atoms with E-state index in [4.69, 9.17) is 4.99 Å². The molecule has 0 amide bonds. The molecule has 0 fully saturated rings. The van der Waals surface area contributed by atoms with Crippen molar-refractivity contribution in [3.8, 4) is 0 Å². The van der Waals surface area contributed by atoms with Crippen molar-refractivity contribution in [3.05, 3.63) is 0 Å². The van der Waals surface area contributed by atoms with E-state index in [1.807, 2.05) is 11.8 Å². The van der Waals surface area contributed by atoms with E-state index in [9.17, 15) is 0 Å². The fraction of sp³-hybridized carbons (Fsp3) is 0.917. The van der Waals surface area contributed by atoms with Gasteiger partial charge in [0.2, 0.25) is 0 Å². The van der Waals surface area contributed by atoms with E-state index < -0.39 is 0 Å². The smallest absolute Gasteiger partial charge is 0.157 e. The van der Waals surface area contributed by atoms with Gasteiger partial charge in [0.25, 0.3) is 0 Å². The van der Waals surface area contributed by atoms with Gasteiger partial charge in [0.05, 0.1) is 6.04 Å². The van der Waals surface area contributed by atoms with Crippen LogP contribution in [0, 0.1) is 11.8 Å². The van der Waals surface area contributed by atoms with E-state index >= 15 is 0 Å². The minimum Gasteiger partial charge on any atom is -0.362 e. The van der Waals surface area contributed by atoms with Gasteiger partial charge in [-0.1, -0.05) is 39.5 Å². The summed E-state index contributed by atoms with van der Waals surface area (Å²) in [5, 5.41) is 4.65. The van der Waals surface area contributed by atoms with E-state index in [1.165, 1.54) is 6.42 Å². The van der Waals surface area contributed by atoms with Gasteiger partial charge in [0.1, 0.15) is 0 Å². The molecule has 0 aromatic carbocycles. The van der Waals surface area contributed by atoms with E-state index in [-0.39, 0.29) is 0 Å².